The van der Waals surface area contributed by atoms with Crippen LogP contribution in [0.25, 0.3) is 11.4 Å². The SMILES string of the molecule is CC1CCCN(c2cc(NCc3ccccc3)nc(-c3ccccc3)n2)C1. The van der Waals surface area contributed by atoms with Crippen LogP contribution < -0.4 is 10.2 Å². The molecule has 2 heterocycles. The van der Waals surface area contributed by atoms with Crippen molar-refractivity contribution in [1.82, 2.24) is 9.97 Å². The Bertz CT molecular complexity index is 864. The summed E-state index contributed by atoms with van der Waals surface area (Å²) >= 11 is 0. The summed E-state index contributed by atoms with van der Waals surface area (Å²) in [6.07, 6.45) is 2.52. The molecule has 1 unspecified atom stereocenters. The van der Waals surface area contributed by atoms with E-state index in [1.54, 1.807) is 0 Å². The monoisotopic (exact) mass is 358 g/mol. The van der Waals surface area contributed by atoms with Crippen molar-refractivity contribution in [1.29, 1.82) is 0 Å². The van der Waals surface area contributed by atoms with Crippen molar-refractivity contribution < 1.29 is 0 Å². The van der Waals surface area contributed by atoms with Crippen LogP contribution in [0.3, 0.4) is 0 Å². The molecule has 1 N–H and O–H groups in total. The highest BCUT2D eigenvalue weighted by Gasteiger charge is 2.19. The molecule has 4 heteroatoms. The maximum absolute atomic E-state index is 4.89. The number of nitrogens with one attached hydrogen (secondary N) is 1. The summed E-state index contributed by atoms with van der Waals surface area (Å²) in [4.78, 5) is 12.1. The number of hydrogen-bond donors (Lipinski definition) is 1. The Morgan fingerprint density at radius 2 is 1.74 bits per heavy atom. The molecule has 0 bridgehead atoms. The summed E-state index contributed by atoms with van der Waals surface area (Å²) in [7, 11) is 0. The van der Waals surface area contributed by atoms with Crippen molar-refractivity contribution in [3.05, 3.63) is 72.3 Å². The van der Waals surface area contributed by atoms with E-state index in [2.05, 4.69) is 59.6 Å². The molecule has 0 radical (unpaired) electrons. The number of benzene rings is 2. The van der Waals surface area contributed by atoms with E-state index < -0.39 is 0 Å². The first-order valence-electron chi connectivity index (χ1n) is 9.75. The largest absolute Gasteiger partial charge is 0.366 e. The molecule has 1 atom stereocenters. The molecule has 0 aliphatic carbocycles. The topological polar surface area (TPSA) is 41.0 Å². The molecule has 1 fully saturated rings. The Morgan fingerprint density at radius 1 is 1.00 bits per heavy atom. The number of anilines is 2. The van der Waals surface area contributed by atoms with Crippen molar-refractivity contribution in [3.8, 4) is 11.4 Å². The minimum atomic E-state index is 0.703. The van der Waals surface area contributed by atoms with Gasteiger partial charge >= 0.3 is 0 Å². The lowest BCUT2D eigenvalue weighted by atomic mass is 10.0. The first kappa shape index (κ1) is 17.5. The second kappa shape index (κ2) is 8.21. The maximum Gasteiger partial charge on any atom is 0.163 e. The van der Waals surface area contributed by atoms with Gasteiger partial charge in [0, 0.05) is 31.3 Å². The smallest absolute Gasteiger partial charge is 0.163 e. The summed E-state index contributed by atoms with van der Waals surface area (Å²) in [5.74, 6) is 3.38. The quantitative estimate of drug-likeness (QED) is 0.697. The van der Waals surface area contributed by atoms with Crippen LogP contribution in [0.1, 0.15) is 25.3 Å². The average molecular weight is 358 g/mol. The van der Waals surface area contributed by atoms with E-state index in [1.165, 1.54) is 18.4 Å². The Kier molecular flexibility index (Phi) is 5.33. The van der Waals surface area contributed by atoms with Crippen molar-refractivity contribution in [2.24, 2.45) is 5.92 Å². The summed E-state index contributed by atoms with van der Waals surface area (Å²) in [5, 5.41) is 3.48. The van der Waals surface area contributed by atoms with Crippen LogP contribution in [-0.4, -0.2) is 23.1 Å². The molecule has 1 saturated heterocycles. The van der Waals surface area contributed by atoms with E-state index in [0.717, 1.165) is 42.7 Å². The van der Waals surface area contributed by atoms with E-state index >= 15 is 0 Å². The minimum absolute atomic E-state index is 0.703. The lowest BCUT2D eigenvalue weighted by Crippen LogP contribution is -2.35. The van der Waals surface area contributed by atoms with Crippen LogP contribution in [0.4, 0.5) is 11.6 Å². The maximum atomic E-state index is 4.89. The molecule has 3 aromatic rings. The van der Waals surface area contributed by atoms with Gasteiger partial charge in [0.15, 0.2) is 5.82 Å². The lowest BCUT2D eigenvalue weighted by Gasteiger charge is -2.32. The molecule has 1 aliphatic rings. The molecule has 0 amide bonds. The van der Waals surface area contributed by atoms with E-state index in [9.17, 15) is 0 Å². The molecule has 4 rings (SSSR count). The van der Waals surface area contributed by atoms with Crippen LogP contribution in [0.5, 0.6) is 0 Å². The van der Waals surface area contributed by atoms with Gasteiger partial charge in [0.05, 0.1) is 0 Å². The van der Waals surface area contributed by atoms with Crippen LogP contribution >= 0.6 is 0 Å². The molecule has 27 heavy (non-hydrogen) atoms. The van der Waals surface area contributed by atoms with Gasteiger partial charge in [-0.25, -0.2) is 9.97 Å². The van der Waals surface area contributed by atoms with Crippen LogP contribution in [0.15, 0.2) is 66.7 Å². The van der Waals surface area contributed by atoms with Crippen LogP contribution in [0.2, 0.25) is 0 Å². The zero-order valence-corrected chi connectivity index (χ0v) is 15.8. The summed E-state index contributed by atoms with van der Waals surface area (Å²) in [6, 6.07) is 22.7. The van der Waals surface area contributed by atoms with E-state index in [-0.39, 0.29) is 0 Å². The van der Waals surface area contributed by atoms with Gasteiger partial charge < -0.3 is 10.2 Å². The number of piperidine rings is 1. The highest BCUT2D eigenvalue weighted by Crippen LogP contribution is 2.26. The number of rotatable bonds is 5. The zero-order chi connectivity index (χ0) is 18.5. The number of hydrogen-bond acceptors (Lipinski definition) is 4. The Hall–Kier alpha value is -2.88. The molecule has 0 saturated carbocycles. The molecule has 2 aromatic carbocycles. The second-order valence-corrected chi connectivity index (χ2v) is 7.33. The predicted molar refractivity (Wildman–Crippen MR) is 112 cm³/mol. The highest BCUT2D eigenvalue weighted by atomic mass is 15.2. The zero-order valence-electron chi connectivity index (χ0n) is 15.8. The normalized spacial score (nSPS) is 16.9. The number of aromatic nitrogens is 2. The first-order valence-corrected chi connectivity index (χ1v) is 9.75. The van der Waals surface area contributed by atoms with Gasteiger partial charge in [-0.3, -0.25) is 0 Å². The minimum Gasteiger partial charge on any atom is -0.366 e. The molecule has 1 aliphatic heterocycles. The molecular weight excluding hydrogens is 332 g/mol. The van der Waals surface area contributed by atoms with E-state index in [4.69, 9.17) is 9.97 Å². The third kappa shape index (κ3) is 4.45. The van der Waals surface area contributed by atoms with E-state index in [0.29, 0.717) is 5.92 Å². The third-order valence-corrected chi connectivity index (χ3v) is 5.04. The van der Waals surface area contributed by atoms with Gasteiger partial charge in [0.1, 0.15) is 11.6 Å². The Labute approximate surface area is 161 Å². The molecule has 0 spiro atoms. The van der Waals surface area contributed by atoms with Crippen LogP contribution in [-0.2, 0) is 6.54 Å². The molecular formula is C23H26N4. The van der Waals surface area contributed by atoms with Gasteiger partial charge in [-0.15, -0.1) is 0 Å². The van der Waals surface area contributed by atoms with Crippen LogP contribution in [0, 0.1) is 5.92 Å². The fourth-order valence-corrected chi connectivity index (χ4v) is 3.59. The summed E-state index contributed by atoms with van der Waals surface area (Å²) in [5.41, 5.74) is 2.29. The van der Waals surface area contributed by atoms with Crippen molar-refractivity contribution in [2.75, 3.05) is 23.3 Å². The Morgan fingerprint density at radius 3 is 2.48 bits per heavy atom. The van der Waals surface area contributed by atoms with Crippen molar-refractivity contribution >= 4 is 11.6 Å². The summed E-state index contributed by atoms with van der Waals surface area (Å²) < 4.78 is 0. The lowest BCUT2D eigenvalue weighted by molar-refractivity contribution is 0.444. The van der Waals surface area contributed by atoms with Crippen molar-refractivity contribution in [3.63, 3.8) is 0 Å². The number of nitrogens with zero attached hydrogens (tertiary/aromatic N) is 3. The Balaban J connectivity index is 1.63. The second-order valence-electron chi connectivity index (χ2n) is 7.33. The van der Waals surface area contributed by atoms with Gasteiger partial charge in [0.2, 0.25) is 0 Å². The molecule has 1 aromatic heterocycles. The fraction of sp³-hybridized carbons (Fsp3) is 0.304. The fourth-order valence-electron chi connectivity index (χ4n) is 3.59. The van der Waals surface area contributed by atoms with Gasteiger partial charge in [0.25, 0.3) is 0 Å². The third-order valence-electron chi connectivity index (χ3n) is 5.04. The van der Waals surface area contributed by atoms with Gasteiger partial charge in [-0.2, -0.15) is 0 Å². The van der Waals surface area contributed by atoms with Crippen molar-refractivity contribution in [2.45, 2.75) is 26.3 Å². The van der Waals surface area contributed by atoms with E-state index in [1.807, 2.05) is 24.3 Å². The first-order chi connectivity index (χ1) is 13.3. The van der Waals surface area contributed by atoms with Gasteiger partial charge in [-0.1, -0.05) is 67.6 Å². The molecule has 138 valence electrons. The van der Waals surface area contributed by atoms with Gasteiger partial charge in [-0.05, 0) is 24.3 Å². The average Bonchev–Trinajstić information content (AvgIpc) is 2.73. The summed E-state index contributed by atoms with van der Waals surface area (Å²) in [6.45, 7) is 5.19. The molecule has 4 nitrogen and oxygen atoms in total. The highest BCUT2D eigenvalue weighted by molar-refractivity contribution is 5.62. The standard InChI is InChI=1S/C23H26N4/c1-18-9-8-14-27(17-18)22-15-21(24-16-19-10-4-2-5-11-19)25-23(26-22)20-12-6-3-7-13-20/h2-7,10-13,15,18H,8-9,14,16-17H2,1H3,(H,24,25,26). The predicted octanol–water partition coefficient (Wildman–Crippen LogP) is 4.99.